The van der Waals surface area contributed by atoms with Crippen molar-refractivity contribution in [1.82, 2.24) is 4.90 Å². The molecular weight excluding hydrogens is 368 g/mol. The Morgan fingerprint density at radius 2 is 1.59 bits per heavy atom. The third kappa shape index (κ3) is 4.42. The summed E-state index contributed by atoms with van der Waals surface area (Å²) in [5, 5.41) is 0. The van der Waals surface area contributed by atoms with Gasteiger partial charge in [-0.25, -0.2) is 4.79 Å². The minimum Gasteiger partial charge on any atom is -0.444 e. The van der Waals surface area contributed by atoms with Crippen LogP contribution >= 0.6 is 0 Å². The number of ketones is 1. The lowest BCUT2D eigenvalue weighted by molar-refractivity contribution is 0.00254. The lowest BCUT2D eigenvalue weighted by Gasteiger charge is -2.39. The van der Waals surface area contributed by atoms with Crippen molar-refractivity contribution in [1.29, 1.82) is 0 Å². The molecule has 0 aromatic heterocycles. The largest absolute Gasteiger partial charge is 0.444 e. The highest BCUT2D eigenvalue weighted by Gasteiger charge is 2.46. The van der Waals surface area contributed by atoms with Crippen LogP contribution < -0.4 is 4.90 Å². The van der Waals surface area contributed by atoms with E-state index in [1.165, 1.54) is 0 Å². The predicted molar refractivity (Wildman–Crippen MR) is 111 cm³/mol. The molecule has 1 aromatic rings. The monoisotopic (exact) mass is 400 g/mol. The molecule has 2 atom stereocenters. The number of nitrogens with zero attached hydrogens (tertiary/aromatic N) is 2. The van der Waals surface area contributed by atoms with Gasteiger partial charge in [0.05, 0.1) is 13.2 Å². The molecule has 3 aliphatic heterocycles. The Morgan fingerprint density at radius 1 is 1.00 bits per heavy atom. The van der Waals surface area contributed by atoms with Crippen LogP contribution in [-0.4, -0.2) is 60.8 Å². The van der Waals surface area contributed by atoms with E-state index in [1.54, 1.807) is 0 Å². The summed E-state index contributed by atoms with van der Waals surface area (Å²) in [5.41, 5.74) is 1.42. The fourth-order valence-corrected chi connectivity index (χ4v) is 4.90. The maximum absolute atomic E-state index is 13.1. The van der Waals surface area contributed by atoms with E-state index in [9.17, 15) is 9.59 Å². The normalized spacial score (nSPS) is 27.1. The number of hydrogen-bond acceptors (Lipinski definition) is 5. The average Bonchev–Trinajstić information content (AvgIpc) is 2.97. The van der Waals surface area contributed by atoms with Gasteiger partial charge >= 0.3 is 6.09 Å². The molecule has 3 heterocycles. The number of Topliss-reactive ketones (excluding diaryl/α,β-unsaturated/α-hetero) is 1. The molecule has 2 unspecified atom stereocenters. The first kappa shape index (κ1) is 20.2. The number of morpholine rings is 1. The van der Waals surface area contributed by atoms with Crippen molar-refractivity contribution >= 4 is 17.6 Å². The minimum atomic E-state index is -0.495. The zero-order valence-electron chi connectivity index (χ0n) is 17.7. The molecule has 3 saturated heterocycles. The summed E-state index contributed by atoms with van der Waals surface area (Å²) in [6.07, 6.45) is 3.16. The third-order valence-electron chi connectivity index (χ3n) is 6.24. The van der Waals surface area contributed by atoms with Crippen molar-refractivity contribution in [2.24, 2.45) is 5.92 Å². The Balaban J connectivity index is 1.40. The van der Waals surface area contributed by atoms with E-state index in [0.717, 1.165) is 63.2 Å². The smallest absolute Gasteiger partial charge is 0.410 e. The highest BCUT2D eigenvalue weighted by molar-refractivity contribution is 5.98. The summed E-state index contributed by atoms with van der Waals surface area (Å²) >= 11 is 0. The Hall–Kier alpha value is -2.08. The molecule has 1 amide bonds. The summed E-state index contributed by atoms with van der Waals surface area (Å²) in [6.45, 7) is 8.95. The molecule has 2 bridgehead atoms. The van der Waals surface area contributed by atoms with Gasteiger partial charge in [0.25, 0.3) is 0 Å². The molecule has 158 valence electrons. The second kappa shape index (κ2) is 7.98. The summed E-state index contributed by atoms with van der Waals surface area (Å²) in [5.74, 6) is 0.194. The summed E-state index contributed by atoms with van der Waals surface area (Å²) < 4.78 is 11.0. The van der Waals surface area contributed by atoms with Gasteiger partial charge in [-0.15, -0.1) is 0 Å². The first-order valence-electron chi connectivity index (χ1n) is 10.8. The fourth-order valence-electron chi connectivity index (χ4n) is 4.90. The topological polar surface area (TPSA) is 59.1 Å². The minimum absolute atomic E-state index is 0.0135. The Kier molecular flexibility index (Phi) is 5.56. The van der Waals surface area contributed by atoms with Crippen LogP contribution in [-0.2, 0) is 9.47 Å². The number of hydrogen-bond donors (Lipinski definition) is 0. The number of rotatable bonds is 3. The maximum Gasteiger partial charge on any atom is 0.410 e. The number of carbonyl (C=O) groups is 2. The van der Waals surface area contributed by atoms with Gasteiger partial charge in [0.15, 0.2) is 5.78 Å². The predicted octanol–water partition coefficient (Wildman–Crippen LogP) is 3.88. The van der Waals surface area contributed by atoms with Crippen LogP contribution in [0, 0.1) is 5.92 Å². The van der Waals surface area contributed by atoms with E-state index in [0.29, 0.717) is 0 Å². The Morgan fingerprint density at radius 3 is 2.14 bits per heavy atom. The molecule has 0 saturated carbocycles. The molecular formula is C23H32N2O4. The van der Waals surface area contributed by atoms with Crippen molar-refractivity contribution in [2.45, 2.75) is 64.1 Å². The van der Waals surface area contributed by atoms with Gasteiger partial charge in [0.1, 0.15) is 5.60 Å². The lowest BCUT2D eigenvalue weighted by atomic mass is 9.85. The molecule has 6 heteroatoms. The zero-order chi connectivity index (χ0) is 20.6. The standard InChI is InChI=1S/C23H32N2O4/c1-23(2,3)29-22(27)25-19-8-9-20(25)15-17(14-19)21(26)16-4-6-18(7-5-16)24-10-12-28-13-11-24/h4-7,17,19-20H,8-15H2,1-3H3. The molecule has 1 aromatic carbocycles. The second-order valence-corrected chi connectivity index (χ2v) is 9.45. The molecule has 3 aliphatic rings. The second-order valence-electron chi connectivity index (χ2n) is 9.45. The van der Waals surface area contributed by atoms with Gasteiger partial charge in [0, 0.05) is 42.3 Å². The van der Waals surface area contributed by atoms with Crippen LogP contribution in [0.4, 0.5) is 10.5 Å². The van der Waals surface area contributed by atoms with Gasteiger partial charge in [0.2, 0.25) is 0 Å². The van der Waals surface area contributed by atoms with Gasteiger partial charge in [-0.1, -0.05) is 0 Å². The van der Waals surface area contributed by atoms with Gasteiger partial charge in [-0.05, 0) is 70.7 Å². The van der Waals surface area contributed by atoms with Gasteiger partial charge in [-0.3, -0.25) is 4.79 Å². The Bertz CT molecular complexity index is 735. The molecule has 0 aliphatic carbocycles. The van der Waals surface area contributed by atoms with Gasteiger partial charge < -0.3 is 19.3 Å². The van der Waals surface area contributed by atoms with Crippen LogP contribution in [0.3, 0.4) is 0 Å². The van der Waals surface area contributed by atoms with E-state index in [1.807, 2.05) is 49.9 Å². The number of anilines is 1. The summed E-state index contributed by atoms with van der Waals surface area (Å²) in [7, 11) is 0. The number of carbonyl (C=O) groups excluding carboxylic acids is 2. The quantitative estimate of drug-likeness (QED) is 0.721. The Labute approximate surface area is 173 Å². The van der Waals surface area contributed by atoms with E-state index in [2.05, 4.69) is 4.90 Å². The van der Waals surface area contributed by atoms with Crippen molar-refractivity contribution in [3.63, 3.8) is 0 Å². The lowest BCUT2D eigenvalue weighted by Crippen LogP contribution is -2.49. The molecule has 0 radical (unpaired) electrons. The number of piperidine rings is 1. The third-order valence-corrected chi connectivity index (χ3v) is 6.24. The van der Waals surface area contributed by atoms with Crippen LogP contribution in [0.1, 0.15) is 56.8 Å². The zero-order valence-corrected chi connectivity index (χ0v) is 17.7. The van der Waals surface area contributed by atoms with E-state index < -0.39 is 5.60 Å². The van der Waals surface area contributed by atoms with Crippen LogP contribution in [0.25, 0.3) is 0 Å². The summed E-state index contributed by atoms with van der Waals surface area (Å²) in [4.78, 5) is 29.9. The molecule has 0 N–H and O–H groups in total. The van der Waals surface area contributed by atoms with Crippen molar-refractivity contribution in [3.05, 3.63) is 29.8 Å². The number of ether oxygens (including phenoxy) is 2. The maximum atomic E-state index is 13.1. The van der Waals surface area contributed by atoms with Crippen molar-refractivity contribution in [2.75, 3.05) is 31.2 Å². The SMILES string of the molecule is CC(C)(C)OC(=O)N1C2CCC1CC(C(=O)c1ccc(N3CCOCC3)cc1)C2. The molecule has 4 rings (SSSR count). The number of benzene rings is 1. The number of amides is 1. The summed E-state index contributed by atoms with van der Waals surface area (Å²) in [6, 6.07) is 8.23. The first-order chi connectivity index (χ1) is 13.8. The first-order valence-corrected chi connectivity index (χ1v) is 10.8. The van der Waals surface area contributed by atoms with Crippen LogP contribution in [0.15, 0.2) is 24.3 Å². The van der Waals surface area contributed by atoms with Crippen molar-refractivity contribution in [3.8, 4) is 0 Å². The van der Waals surface area contributed by atoms with E-state index in [-0.39, 0.29) is 29.9 Å². The molecule has 0 spiro atoms. The van der Waals surface area contributed by atoms with Crippen LogP contribution in [0.5, 0.6) is 0 Å². The number of fused-ring (bicyclic) bond motifs is 2. The van der Waals surface area contributed by atoms with E-state index in [4.69, 9.17) is 9.47 Å². The molecule has 3 fully saturated rings. The van der Waals surface area contributed by atoms with Crippen molar-refractivity contribution < 1.29 is 19.1 Å². The fraction of sp³-hybridized carbons (Fsp3) is 0.652. The highest BCUT2D eigenvalue weighted by atomic mass is 16.6. The average molecular weight is 401 g/mol. The van der Waals surface area contributed by atoms with E-state index >= 15 is 0 Å². The van der Waals surface area contributed by atoms with Crippen LogP contribution in [0.2, 0.25) is 0 Å². The van der Waals surface area contributed by atoms with Gasteiger partial charge in [-0.2, -0.15) is 0 Å². The molecule has 6 nitrogen and oxygen atoms in total. The molecule has 29 heavy (non-hydrogen) atoms. The highest BCUT2D eigenvalue weighted by Crippen LogP contribution is 2.40.